The van der Waals surface area contributed by atoms with Gasteiger partial charge < -0.3 is 10.1 Å². The van der Waals surface area contributed by atoms with Crippen LogP contribution in [0, 0.1) is 0 Å². The monoisotopic (exact) mass is 289 g/mol. The Labute approximate surface area is 101 Å². The molecule has 0 bridgehead atoms. The van der Waals surface area contributed by atoms with Crippen molar-refractivity contribution in [2.45, 2.75) is 18.9 Å². The van der Waals surface area contributed by atoms with Crippen LogP contribution in [0.2, 0.25) is 0 Å². The lowest BCUT2D eigenvalue weighted by molar-refractivity contribution is 0.0626. The van der Waals surface area contributed by atoms with Crippen LogP contribution in [0.25, 0.3) is 0 Å². The first-order chi connectivity index (χ1) is 7.25. The van der Waals surface area contributed by atoms with E-state index in [0.29, 0.717) is 6.61 Å². The van der Waals surface area contributed by atoms with Crippen molar-refractivity contribution in [1.82, 2.24) is 5.32 Å². The summed E-state index contributed by atoms with van der Waals surface area (Å²) in [5.41, 5.74) is 0. The first-order valence-corrected chi connectivity index (χ1v) is 6.50. The summed E-state index contributed by atoms with van der Waals surface area (Å²) in [6.07, 6.45) is 2.04. The quantitative estimate of drug-likeness (QED) is 0.908. The smallest absolute Gasteiger partial charge is 0.261 e. The molecular formula is C10H12BrNO2S. The molecule has 0 aromatic carbocycles. The highest BCUT2D eigenvalue weighted by molar-refractivity contribution is 9.11. The van der Waals surface area contributed by atoms with E-state index in [-0.39, 0.29) is 11.9 Å². The molecule has 2 heterocycles. The van der Waals surface area contributed by atoms with Crippen LogP contribution in [-0.2, 0) is 4.74 Å². The highest BCUT2D eigenvalue weighted by atomic mass is 79.9. The number of ether oxygens (including phenoxy) is 1. The Morgan fingerprint density at radius 1 is 1.60 bits per heavy atom. The number of nitrogens with one attached hydrogen (secondary N) is 1. The Bertz CT molecular complexity index is 347. The lowest BCUT2D eigenvalue weighted by Crippen LogP contribution is -2.40. The van der Waals surface area contributed by atoms with Crippen molar-refractivity contribution in [2.24, 2.45) is 0 Å². The second kappa shape index (κ2) is 5.09. The van der Waals surface area contributed by atoms with Crippen LogP contribution in [-0.4, -0.2) is 25.2 Å². The van der Waals surface area contributed by atoms with E-state index in [9.17, 15) is 4.79 Å². The van der Waals surface area contributed by atoms with Crippen LogP contribution < -0.4 is 5.32 Å². The van der Waals surface area contributed by atoms with E-state index in [4.69, 9.17) is 4.74 Å². The average molecular weight is 290 g/mol. The summed E-state index contributed by atoms with van der Waals surface area (Å²) in [6.45, 7) is 1.45. The summed E-state index contributed by atoms with van der Waals surface area (Å²) in [5.74, 6) is 0.00111. The predicted octanol–water partition coefficient (Wildman–Crippen LogP) is 2.42. The predicted molar refractivity (Wildman–Crippen MR) is 63.3 cm³/mol. The zero-order valence-corrected chi connectivity index (χ0v) is 10.6. The van der Waals surface area contributed by atoms with Gasteiger partial charge in [0.25, 0.3) is 5.91 Å². The first kappa shape index (κ1) is 11.1. The number of hydrogen-bond donors (Lipinski definition) is 1. The molecule has 2 rings (SSSR count). The third-order valence-electron chi connectivity index (χ3n) is 2.29. The summed E-state index contributed by atoms with van der Waals surface area (Å²) in [7, 11) is 0. The molecule has 1 fully saturated rings. The van der Waals surface area contributed by atoms with Crippen LogP contribution in [0.5, 0.6) is 0 Å². The Kier molecular flexibility index (Phi) is 3.77. The van der Waals surface area contributed by atoms with Crippen LogP contribution >= 0.6 is 27.3 Å². The van der Waals surface area contributed by atoms with Gasteiger partial charge in [0, 0.05) is 6.61 Å². The molecule has 1 aromatic rings. The standard InChI is InChI=1S/C10H12BrNO2S/c11-9-4-3-8(15-9)10(13)12-7-2-1-5-14-6-7/h3-4,7H,1-2,5-6H2,(H,12,13)/t7-/m0/s1. The molecule has 1 aliphatic rings. The molecule has 82 valence electrons. The van der Waals surface area contributed by atoms with Gasteiger partial charge in [-0.1, -0.05) is 0 Å². The van der Waals surface area contributed by atoms with Gasteiger partial charge in [-0.2, -0.15) is 0 Å². The number of hydrogen-bond acceptors (Lipinski definition) is 3. The molecule has 5 heteroatoms. The topological polar surface area (TPSA) is 38.3 Å². The number of carbonyl (C=O) groups is 1. The number of halogens is 1. The minimum atomic E-state index is 0.00111. The zero-order valence-electron chi connectivity index (χ0n) is 8.16. The lowest BCUT2D eigenvalue weighted by Gasteiger charge is -2.22. The summed E-state index contributed by atoms with van der Waals surface area (Å²) >= 11 is 4.79. The maximum absolute atomic E-state index is 11.7. The molecule has 0 saturated carbocycles. The minimum Gasteiger partial charge on any atom is -0.379 e. The molecule has 1 aromatic heterocycles. The van der Waals surface area contributed by atoms with E-state index in [1.165, 1.54) is 11.3 Å². The Morgan fingerprint density at radius 2 is 2.47 bits per heavy atom. The lowest BCUT2D eigenvalue weighted by atomic mass is 10.1. The molecule has 0 radical (unpaired) electrons. The number of rotatable bonds is 2. The van der Waals surface area contributed by atoms with Crippen LogP contribution in [0.15, 0.2) is 15.9 Å². The highest BCUT2D eigenvalue weighted by Crippen LogP contribution is 2.22. The zero-order chi connectivity index (χ0) is 10.7. The fraction of sp³-hybridized carbons (Fsp3) is 0.500. The van der Waals surface area contributed by atoms with Crippen LogP contribution in [0.3, 0.4) is 0 Å². The van der Waals surface area contributed by atoms with Gasteiger partial charge in [-0.05, 0) is 40.9 Å². The van der Waals surface area contributed by atoms with E-state index >= 15 is 0 Å². The fourth-order valence-electron chi connectivity index (χ4n) is 1.55. The van der Waals surface area contributed by atoms with E-state index in [0.717, 1.165) is 28.1 Å². The third kappa shape index (κ3) is 3.03. The molecular weight excluding hydrogens is 278 g/mol. The molecule has 15 heavy (non-hydrogen) atoms. The van der Waals surface area contributed by atoms with Crippen molar-refractivity contribution >= 4 is 33.2 Å². The summed E-state index contributed by atoms with van der Waals surface area (Å²) in [4.78, 5) is 12.5. The maximum atomic E-state index is 11.7. The van der Waals surface area contributed by atoms with Crippen molar-refractivity contribution in [3.8, 4) is 0 Å². The number of carbonyl (C=O) groups excluding carboxylic acids is 1. The fourth-order valence-corrected chi connectivity index (χ4v) is 2.84. The van der Waals surface area contributed by atoms with Gasteiger partial charge in [-0.25, -0.2) is 0 Å². The van der Waals surface area contributed by atoms with E-state index in [1.807, 2.05) is 12.1 Å². The molecule has 0 spiro atoms. The van der Waals surface area contributed by atoms with Crippen molar-refractivity contribution < 1.29 is 9.53 Å². The van der Waals surface area contributed by atoms with Crippen LogP contribution in [0.4, 0.5) is 0 Å². The second-order valence-corrected chi connectivity index (χ2v) is 5.95. The molecule has 3 nitrogen and oxygen atoms in total. The summed E-state index contributed by atoms with van der Waals surface area (Å²) in [5, 5.41) is 2.97. The molecule has 1 amide bonds. The number of amides is 1. The van der Waals surface area contributed by atoms with Gasteiger partial charge in [0.05, 0.1) is 21.3 Å². The Morgan fingerprint density at radius 3 is 3.07 bits per heavy atom. The van der Waals surface area contributed by atoms with Crippen molar-refractivity contribution in [3.63, 3.8) is 0 Å². The van der Waals surface area contributed by atoms with Gasteiger partial charge in [-0.15, -0.1) is 11.3 Å². The molecule has 1 N–H and O–H groups in total. The minimum absolute atomic E-state index is 0.00111. The molecule has 1 saturated heterocycles. The van der Waals surface area contributed by atoms with Crippen molar-refractivity contribution in [3.05, 3.63) is 20.8 Å². The summed E-state index contributed by atoms with van der Waals surface area (Å²) in [6, 6.07) is 3.89. The van der Waals surface area contributed by atoms with E-state index in [1.54, 1.807) is 0 Å². The van der Waals surface area contributed by atoms with Gasteiger partial charge in [-0.3, -0.25) is 4.79 Å². The van der Waals surface area contributed by atoms with E-state index < -0.39 is 0 Å². The van der Waals surface area contributed by atoms with Crippen molar-refractivity contribution in [2.75, 3.05) is 13.2 Å². The largest absolute Gasteiger partial charge is 0.379 e. The Balaban J connectivity index is 1.91. The molecule has 0 aliphatic carbocycles. The van der Waals surface area contributed by atoms with Crippen LogP contribution in [0.1, 0.15) is 22.5 Å². The normalized spacial score (nSPS) is 21.3. The maximum Gasteiger partial charge on any atom is 0.261 e. The van der Waals surface area contributed by atoms with Gasteiger partial charge in [0.15, 0.2) is 0 Å². The molecule has 1 aliphatic heterocycles. The van der Waals surface area contributed by atoms with Gasteiger partial charge in [0.2, 0.25) is 0 Å². The average Bonchev–Trinajstić information content (AvgIpc) is 2.66. The highest BCUT2D eigenvalue weighted by Gasteiger charge is 2.17. The molecule has 0 unspecified atom stereocenters. The van der Waals surface area contributed by atoms with Gasteiger partial charge in [0.1, 0.15) is 0 Å². The van der Waals surface area contributed by atoms with Crippen molar-refractivity contribution in [1.29, 1.82) is 0 Å². The van der Waals surface area contributed by atoms with E-state index in [2.05, 4.69) is 21.2 Å². The van der Waals surface area contributed by atoms with Gasteiger partial charge >= 0.3 is 0 Å². The summed E-state index contributed by atoms with van der Waals surface area (Å²) < 4.78 is 6.28. The number of thiophene rings is 1. The second-order valence-electron chi connectivity index (χ2n) is 3.49. The Hall–Kier alpha value is -0.390. The molecule has 1 atom stereocenters. The third-order valence-corrected chi connectivity index (χ3v) is 3.91. The SMILES string of the molecule is O=C(N[C@H]1CCCOC1)c1ccc(Br)s1. The first-order valence-electron chi connectivity index (χ1n) is 4.89.